The quantitative estimate of drug-likeness (QED) is 0.149. The Morgan fingerprint density at radius 3 is 2.65 bits per heavy atom. The van der Waals surface area contributed by atoms with Crippen LogP contribution in [0.4, 0.5) is 11.4 Å². The molecule has 10 heteroatoms. The molecule has 0 aliphatic heterocycles. The molecule has 9 nitrogen and oxygen atoms in total. The number of hydrogen-bond donors (Lipinski definition) is 4. The summed E-state index contributed by atoms with van der Waals surface area (Å²) in [6.45, 7) is 7.02. The third-order valence-corrected chi connectivity index (χ3v) is 9.08. The molecular formula is C33H37ClN8O. The second kappa shape index (κ2) is 10.5. The fraction of sp³-hybridized carbons (Fsp3) is 0.364. The molecule has 3 saturated carbocycles. The molecule has 6 N–H and O–H groups in total. The van der Waals surface area contributed by atoms with Gasteiger partial charge in [0.25, 0.3) is 5.56 Å². The van der Waals surface area contributed by atoms with Gasteiger partial charge in [0.1, 0.15) is 6.07 Å². The molecule has 2 heterocycles. The van der Waals surface area contributed by atoms with E-state index in [0.717, 1.165) is 41.5 Å². The minimum Gasteiger partial charge on any atom is -0.399 e. The van der Waals surface area contributed by atoms with E-state index in [4.69, 9.17) is 23.2 Å². The maximum atomic E-state index is 13.0. The molecular weight excluding hydrogens is 560 g/mol. The maximum Gasteiger partial charge on any atom is 0.258 e. The van der Waals surface area contributed by atoms with Gasteiger partial charge < -0.3 is 25.9 Å². The summed E-state index contributed by atoms with van der Waals surface area (Å²) in [6.07, 6.45) is 8.36. The van der Waals surface area contributed by atoms with Gasteiger partial charge in [-0.25, -0.2) is 5.84 Å². The number of nitriles is 1. The molecule has 2 aromatic carbocycles. The molecule has 1 atom stereocenters. The second-order valence-electron chi connectivity index (χ2n) is 13.3. The lowest BCUT2D eigenvalue weighted by molar-refractivity contribution is -0.124. The molecule has 3 fully saturated rings. The van der Waals surface area contributed by atoms with Gasteiger partial charge in [-0.2, -0.15) is 5.26 Å². The van der Waals surface area contributed by atoms with Crippen molar-refractivity contribution in [3.8, 4) is 6.07 Å². The number of halogens is 1. The van der Waals surface area contributed by atoms with Crippen LogP contribution in [0.15, 0.2) is 65.5 Å². The lowest BCUT2D eigenvalue weighted by atomic mass is 9.49. The van der Waals surface area contributed by atoms with Gasteiger partial charge in [0.2, 0.25) is 0 Å². The number of nitrogens with two attached hydrogens (primary N) is 2. The molecule has 2 aromatic heterocycles. The average molecular weight is 597 g/mol. The zero-order valence-corrected chi connectivity index (χ0v) is 25.7. The number of nitrogens with zero attached hydrogens (tertiary/aromatic N) is 4. The van der Waals surface area contributed by atoms with Gasteiger partial charge in [0.05, 0.1) is 39.1 Å². The number of aromatic nitrogens is 2. The molecule has 0 spiro atoms. The van der Waals surface area contributed by atoms with Crippen LogP contribution in [-0.4, -0.2) is 26.6 Å². The molecule has 222 valence electrons. The van der Waals surface area contributed by atoms with Crippen LogP contribution in [0.1, 0.15) is 57.2 Å². The highest BCUT2D eigenvalue weighted by Crippen LogP contribution is 2.59. The highest BCUT2D eigenvalue weighted by molar-refractivity contribution is 6.35. The highest BCUT2D eigenvalue weighted by atomic mass is 35.5. The van der Waals surface area contributed by atoms with E-state index in [1.807, 2.05) is 42.6 Å². The summed E-state index contributed by atoms with van der Waals surface area (Å²) < 4.78 is 1.56. The number of anilines is 2. The van der Waals surface area contributed by atoms with Crippen molar-refractivity contribution in [1.82, 2.24) is 14.6 Å². The Hall–Kier alpha value is -4.26. The molecule has 0 amide bonds. The molecule has 0 saturated heterocycles. The summed E-state index contributed by atoms with van der Waals surface area (Å²) in [5, 5.41) is 21.3. The van der Waals surface area contributed by atoms with E-state index in [1.165, 1.54) is 0 Å². The van der Waals surface area contributed by atoms with Crippen molar-refractivity contribution < 1.29 is 0 Å². The highest BCUT2D eigenvalue weighted by Gasteiger charge is 2.59. The van der Waals surface area contributed by atoms with Gasteiger partial charge in [0.15, 0.2) is 0 Å². The third-order valence-electron chi connectivity index (χ3n) is 8.79. The van der Waals surface area contributed by atoms with E-state index in [-0.39, 0.29) is 16.5 Å². The van der Waals surface area contributed by atoms with Gasteiger partial charge in [-0.1, -0.05) is 44.5 Å². The smallest absolute Gasteiger partial charge is 0.258 e. The Balaban J connectivity index is 1.47. The lowest BCUT2D eigenvalue weighted by Gasteiger charge is -2.65. The monoisotopic (exact) mass is 596 g/mol. The predicted molar refractivity (Wildman–Crippen MR) is 173 cm³/mol. The molecule has 43 heavy (non-hydrogen) atoms. The van der Waals surface area contributed by atoms with E-state index in [1.54, 1.807) is 29.0 Å². The topological polar surface area (TPSA) is 138 Å². The molecule has 1 unspecified atom stereocenters. The van der Waals surface area contributed by atoms with Crippen molar-refractivity contribution in [3.63, 3.8) is 0 Å². The van der Waals surface area contributed by atoms with Crippen LogP contribution in [0.25, 0.3) is 21.7 Å². The van der Waals surface area contributed by atoms with E-state index < -0.39 is 6.04 Å². The minimum atomic E-state index is -0.541. The van der Waals surface area contributed by atoms with Crippen molar-refractivity contribution in [3.05, 3.63) is 87.2 Å². The Morgan fingerprint density at radius 1 is 1.26 bits per heavy atom. The number of pyridine rings is 2. The number of rotatable bonds is 8. The summed E-state index contributed by atoms with van der Waals surface area (Å²) >= 11 is 6.81. The number of fused-ring (bicyclic) bond motifs is 2. The summed E-state index contributed by atoms with van der Waals surface area (Å²) in [5.74, 6) is 7.32. The van der Waals surface area contributed by atoms with E-state index in [0.29, 0.717) is 45.1 Å². The van der Waals surface area contributed by atoms with Crippen molar-refractivity contribution in [2.45, 2.75) is 51.6 Å². The molecule has 7 rings (SSSR count). The van der Waals surface area contributed by atoms with E-state index >= 15 is 0 Å². The minimum absolute atomic E-state index is 0.0201. The number of aryl methyl sites for hydroxylation is 1. The van der Waals surface area contributed by atoms with Crippen LogP contribution in [0.3, 0.4) is 0 Å². The van der Waals surface area contributed by atoms with Crippen LogP contribution in [0.2, 0.25) is 5.02 Å². The standard InChI is InChI=1S/C33H37ClN8O/c1-32(2,3)18-39-28-20(15-35)16-38-29-25(28)10-21(11-26(29)34)40-30(27(36)17-42(37)33-12-19(13-33)14-33)23-6-5-7-24-22(23)8-9-41(4)31(24)43/h5-11,16-17,19,30,40H,12-14,18,36-37H2,1-4H3,(H,38,39)/b27-17-. The van der Waals surface area contributed by atoms with Crippen molar-refractivity contribution in [1.29, 1.82) is 5.26 Å². The van der Waals surface area contributed by atoms with Crippen LogP contribution in [-0.2, 0) is 7.05 Å². The maximum absolute atomic E-state index is 13.0. The first-order chi connectivity index (χ1) is 20.4. The summed E-state index contributed by atoms with van der Waals surface area (Å²) in [7, 11) is 1.74. The Kier molecular flexibility index (Phi) is 7.03. The first kappa shape index (κ1) is 28.8. The molecule has 3 aliphatic rings. The zero-order chi connectivity index (χ0) is 30.7. The lowest BCUT2D eigenvalue weighted by Crippen LogP contribution is -2.68. The molecule has 0 radical (unpaired) electrons. The van der Waals surface area contributed by atoms with Crippen molar-refractivity contribution in [2.75, 3.05) is 17.2 Å². The summed E-state index contributed by atoms with van der Waals surface area (Å²) in [5.41, 5.74) is 10.5. The second-order valence-corrected chi connectivity index (χ2v) is 13.7. The van der Waals surface area contributed by atoms with Crippen LogP contribution in [0.5, 0.6) is 0 Å². The van der Waals surface area contributed by atoms with Gasteiger partial charge in [-0.3, -0.25) is 9.78 Å². The summed E-state index contributed by atoms with van der Waals surface area (Å²) in [6, 6.07) is 13.1. The first-order valence-electron chi connectivity index (χ1n) is 14.5. The first-order valence-corrected chi connectivity index (χ1v) is 14.9. The Morgan fingerprint density at radius 2 is 2.00 bits per heavy atom. The Labute approximate surface area is 256 Å². The molecule has 2 bridgehead atoms. The fourth-order valence-electron chi connectivity index (χ4n) is 6.25. The Bertz CT molecular complexity index is 1870. The normalized spacial score (nSPS) is 20.2. The molecule has 4 aromatic rings. The van der Waals surface area contributed by atoms with E-state index in [9.17, 15) is 10.1 Å². The predicted octanol–water partition coefficient (Wildman–Crippen LogP) is 5.75. The number of hydrogen-bond acceptors (Lipinski definition) is 8. The fourth-order valence-corrected chi connectivity index (χ4v) is 6.52. The number of benzene rings is 2. The summed E-state index contributed by atoms with van der Waals surface area (Å²) in [4.78, 5) is 17.5. The van der Waals surface area contributed by atoms with Gasteiger partial charge >= 0.3 is 0 Å². The van der Waals surface area contributed by atoms with Crippen LogP contribution in [0, 0.1) is 22.7 Å². The van der Waals surface area contributed by atoms with Gasteiger partial charge in [0, 0.05) is 48.6 Å². The van der Waals surface area contributed by atoms with E-state index in [2.05, 4.69) is 42.5 Å². The SMILES string of the molecule is Cn1ccc2c(C(Nc3cc(Cl)c4ncc(C#N)c(NCC(C)(C)C)c4c3)/C(N)=C/N(N)C34CC(C3)C4)cccc2c1=O. The molecule has 3 aliphatic carbocycles. The zero-order valence-electron chi connectivity index (χ0n) is 24.9. The number of hydrazine groups is 1. The average Bonchev–Trinajstić information content (AvgIpc) is 2.89. The van der Waals surface area contributed by atoms with Crippen molar-refractivity contribution in [2.24, 2.45) is 30.0 Å². The van der Waals surface area contributed by atoms with Crippen molar-refractivity contribution >= 4 is 44.7 Å². The van der Waals surface area contributed by atoms with Gasteiger partial charge in [-0.05, 0) is 65.8 Å². The van der Waals surface area contributed by atoms with Crippen LogP contribution >= 0.6 is 11.6 Å². The van der Waals surface area contributed by atoms with Gasteiger partial charge in [-0.15, -0.1) is 0 Å². The number of nitrogens with one attached hydrogen (secondary N) is 2. The van der Waals surface area contributed by atoms with Crippen LogP contribution < -0.4 is 27.8 Å². The largest absolute Gasteiger partial charge is 0.399 e. The third kappa shape index (κ3) is 5.15.